The maximum absolute atomic E-state index is 12.7. The Morgan fingerprint density at radius 1 is 1.48 bits per heavy atom. The van der Waals surface area contributed by atoms with E-state index in [0.29, 0.717) is 25.9 Å². The zero-order valence-corrected chi connectivity index (χ0v) is 14.6. The zero-order valence-electron chi connectivity index (χ0n) is 14.6. The number of rotatable bonds is 7. The third kappa shape index (κ3) is 2.96. The van der Waals surface area contributed by atoms with Crippen molar-refractivity contribution in [2.24, 2.45) is 11.8 Å². The van der Waals surface area contributed by atoms with E-state index in [1.807, 2.05) is 20.8 Å². The van der Waals surface area contributed by atoms with Gasteiger partial charge < -0.3 is 14.6 Å². The molecule has 130 valence electrons. The predicted molar refractivity (Wildman–Crippen MR) is 85.8 cm³/mol. The van der Waals surface area contributed by atoms with Crippen LogP contribution < -0.4 is 0 Å². The summed E-state index contributed by atoms with van der Waals surface area (Å²) >= 11 is 0. The first-order chi connectivity index (χ1) is 10.8. The van der Waals surface area contributed by atoms with Crippen LogP contribution in [-0.4, -0.2) is 41.3 Å². The van der Waals surface area contributed by atoms with E-state index in [2.05, 4.69) is 0 Å². The second-order valence-electron chi connectivity index (χ2n) is 6.98. The average Bonchev–Trinajstić information content (AvgIpc) is 2.78. The van der Waals surface area contributed by atoms with Crippen molar-refractivity contribution < 1.29 is 24.2 Å². The summed E-state index contributed by atoms with van der Waals surface area (Å²) in [5.74, 6) is -0.809. The summed E-state index contributed by atoms with van der Waals surface area (Å²) in [4.78, 5) is 25.2. The molecule has 0 amide bonds. The van der Waals surface area contributed by atoms with Crippen LogP contribution in [0.5, 0.6) is 0 Å². The van der Waals surface area contributed by atoms with Gasteiger partial charge in [0.2, 0.25) is 0 Å². The van der Waals surface area contributed by atoms with Crippen LogP contribution in [0.2, 0.25) is 0 Å². The molecule has 0 saturated carbocycles. The highest BCUT2D eigenvalue weighted by molar-refractivity contribution is 6.01. The molecule has 2 aliphatic rings. The summed E-state index contributed by atoms with van der Waals surface area (Å²) in [7, 11) is 0. The number of hydrogen-bond donors (Lipinski definition) is 1. The predicted octanol–water partition coefficient (Wildman–Crippen LogP) is 2.41. The molecule has 1 N–H and O–H groups in total. The third-order valence-corrected chi connectivity index (χ3v) is 5.28. The van der Waals surface area contributed by atoms with Crippen LogP contribution in [-0.2, 0) is 19.1 Å². The molecule has 2 bridgehead atoms. The lowest BCUT2D eigenvalue weighted by atomic mass is 9.79. The van der Waals surface area contributed by atoms with Gasteiger partial charge in [-0.1, -0.05) is 13.8 Å². The Labute approximate surface area is 138 Å². The van der Waals surface area contributed by atoms with Gasteiger partial charge in [-0.3, -0.25) is 9.59 Å². The van der Waals surface area contributed by atoms with Crippen LogP contribution >= 0.6 is 0 Å². The van der Waals surface area contributed by atoms with E-state index < -0.39 is 17.1 Å². The number of carbonyl (C=O) groups is 2. The number of ether oxygens (including phenoxy) is 2. The standard InChI is InChI=1S/C18H28O5/c1-5-22-16(21)14-11-18(12(2)3)15(20)10-13(8-6-7-9-19)17(14,4)23-18/h10,12,14,19H,5-9,11H2,1-4H3/t14-,17-,18+/m0/s1. The largest absolute Gasteiger partial charge is 0.466 e. The van der Waals surface area contributed by atoms with Crippen LogP contribution in [0.25, 0.3) is 0 Å². The van der Waals surface area contributed by atoms with E-state index in [-0.39, 0.29) is 24.3 Å². The van der Waals surface area contributed by atoms with Crippen molar-refractivity contribution in [2.75, 3.05) is 13.2 Å². The van der Waals surface area contributed by atoms with Gasteiger partial charge in [0.25, 0.3) is 0 Å². The van der Waals surface area contributed by atoms with Gasteiger partial charge in [-0.05, 0) is 50.7 Å². The first-order valence-corrected chi connectivity index (χ1v) is 8.55. The Bertz CT molecular complexity index is 510. The topological polar surface area (TPSA) is 72.8 Å². The first kappa shape index (κ1) is 18.1. The number of unbranched alkanes of at least 4 members (excludes halogenated alkanes) is 1. The summed E-state index contributed by atoms with van der Waals surface area (Å²) in [6.07, 6.45) is 4.13. The van der Waals surface area contributed by atoms with E-state index in [9.17, 15) is 9.59 Å². The highest BCUT2D eigenvalue weighted by atomic mass is 16.6. The fraction of sp³-hybridized carbons (Fsp3) is 0.778. The van der Waals surface area contributed by atoms with Gasteiger partial charge in [-0.25, -0.2) is 0 Å². The summed E-state index contributed by atoms with van der Waals surface area (Å²) in [6, 6.07) is 0. The quantitative estimate of drug-likeness (QED) is 0.575. The second-order valence-corrected chi connectivity index (χ2v) is 6.98. The molecule has 0 aromatic rings. The molecule has 0 aliphatic carbocycles. The second kappa shape index (κ2) is 6.73. The molecule has 0 aromatic carbocycles. The minimum Gasteiger partial charge on any atom is -0.466 e. The summed E-state index contributed by atoms with van der Waals surface area (Å²) in [5, 5.41) is 8.98. The molecule has 5 heteroatoms. The molecule has 1 saturated heterocycles. The number of ketones is 1. The number of esters is 1. The Morgan fingerprint density at radius 2 is 2.17 bits per heavy atom. The lowest BCUT2D eigenvalue weighted by molar-refractivity contribution is -0.163. The van der Waals surface area contributed by atoms with Gasteiger partial charge in [0.15, 0.2) is 5.78 Å². The molecule has 2 heterocycles. The number of aliphatic hydroxyl groups is 1. The van der Waals surface area contributed by atoms with Crippen LogP contribution in [0.15, 0.2) is 11.6 Å². The smallest absolute Gasteiger partial charge is 0.312 e. The Balaban J connectivity index is 2.37. The van der Waals surface area contributed by atoms with Crippen LogP contribution in [0.3, 0.4) is 0 Å². The fourth-order valence-corrected chi connectivity index (χ4v) is 3.79. The number of aliphatic hydroxyl groups excluding tert-OH is 1. The molecular weight excluding hydrogens is 296 g/mol. The minimum atomic E-state index is -0.924. The van der Waals surface area contributed by atoms with Crippen LogP contribution in [0, 0.1) is 11.8 Å². The van der Waals surface area contributed by atoms with Gasteiger partial charge in [0, 0.05) is 13.0 Å². The minimum absolute atomic E-state index is 0.0102. The number of hydrogen-bond acceptors (Lipinski definition) is 5. The highest BCUT2D eigenvalue weighted by Gasteiger charge is 2.64. The average molecular weight is 324 g/mol. The van der Waals surface area contributed by atoms with Crippen molar-refractivity contribution in [1.29, 1.82) is 0 Å². The summed E-state index contributed by atoms with van der Waals surface area (Å²) in [6.45, 7) is 8.03. The van der Waals surface area contributed by atoms with Crippen molar-refractivity contribution >= 4 is 11.8 Å². The summed E-state index contributed by atoms with van der Waals surface area (Å²) in [5.41, 5.74) is -0.866. The highest BCUT2D eigenvalue weighted by Crippen LogP contribution is 2.54. The van der Waals surface area contributed by atoms with Gasteiger partial charge in [-0.2, -0.15) is 0 Å². The van der Waals surface area contributed by atoms with Crippen molar-refractivity contribution in [3.8, 4) is 0 Å². The molecule has 0 radical (unpaired) electrons. The van der Waals surface area contributed by atoms with Gasteiger partial charge in [0.05, 0.1) is 12.5 Å². The SMILES string of the molecule is CCOC(=O)[C@@H]1C[C@]2(C(C)C)O[C@@]1(C)C(CCCCO)=CC2=O. The van der Waals surface area contributed by atoms with E-state index in [4.69, 9.17) is 14.6 Å². The van der Waals surface area contributed by atoms with E-state index >= 15 is 0 Å². The molecule has 5 nitrogen and oxygen atoms in total. The molecular formula is C18H28O5. The molecule has 23 heavy (non-hydrogen) atoms. The maximum Gasteiger partial charge on any atom is 0.312 e. The molecule has 0 unspecified atom stereocenters. The molecule has 2 aliphatic heterocycles. The maximum atomic E-state index is 12.7. The van der Waals surface area contributed by atoms with Gasteiger partial charge in [0.1, 0.15) is 11.2 Å². The Morgan fingerprint density at radius 3 is 2.74 bits per heavy atom. The number of fused-ring (bicyclic) bond motifs is 2. The molecule has 1 fully saturated rings. The first-order valence-electron chi connectivity index (χ1n) is 8.55. The van der Waals surface area contributed by atoms with E-state index in [1.165, 1.54) is 0 Å². The summed E-state index contributed by atoms with van der Waals surface area (Å²) < 4.78 is 11.5. The van der Waals surface area contributed by atoms with Crippen LogP contribution in [0.1, 0.15) is 53.4 Å². The van der Waals surface area contributed by atoms with Crippen molar-refractivity contribution in [3.63, 3.8) is 0 Å². The van der Waals surface area contributed by atoms with Gasteiger partial charge >= 0.3 is 5.97 Å². The van der Waals surface area contributed by atoms with Crippen molar-refractivity contribution in [1.82, 2.24) is 0 Å². The lowest BCUT2D eigenvalue weighted by Crippen LogP contribution is -2.49. The molecule has 0 spiro atoms. The monoisotopic (exact) mass is 324 g/mol. The third-order valence-electron chi connectivity index (χ3n) is 5.28. The Kier molecular flexibility index (Phi) is 5.31. The van der Waals surface area contributed by atoms with E-state index in [0.717, 1.165) is 12.0 Å². The number of carbonyl (C=O) groups excluding carboxylic acids is 2. The lowest BCUT2D eigenvalue weighted by Gasteiger charge is -2.40. The molecule has 3 atom stereocenters. The van der Waals surface area contributed by atoms with Crippen molar-refractivity contribution in [3.05, 3.63) is 11.6 Å². The van der Waals surface area contributed by atoms with Crippen molar-refractivity contribution in [2.45, 2.75) is 64.6 Å². The normalized spacial score (nSPS) is 33.0. The molecule has 2 rings (SSSR count). The van der Waals surface area contributed by atoms with Crippen LogP contribution in [0.4, 0.5) is 0 Å². The fourth-order valence-electron chi connectivity index (χ4n) is 3.79. The Hall–Kier alpha value is -1.20. The van der Waals surface area contributed by atoms with E-state index in [1.54, 1.807) is 13.0 Å². The zero-order chi connectivity index (χ0) is 17.3. The van der Waals surface area contributed by atoms with Gasteiger partial charge in [-0.15, -0.1) is 0 Å². The molecule has 0 aromatic heterocycles.